The molecule has 0 spiro atoms. The van der Waals surface area contributed by atoms with Gasteiger partial charge in [0.2, 0.25) is 0 Å². The molecule has 0 radical (unpaired) electrons. The van der Waals surface area contributed by atoms with E-state index in [1.165, 1.54) is 4.90 Å². The lowest BCUT2D eigenvalue weighted by Crippen LogP contribution is -2.46. The van der Waals surface area contributed by atoms with E-state index < -0.39 is 17.6 Å². The summed E-state index contributed by atoms with van der Waals surface area (Å²) in [5.74, 6) is -0.168. The minimum absolute atomic E-state index is 0.168. The third-order valence-corrected chi connectivity index (χ3v) is 6.54. The Balaban J connectivity index is 1.77. The van der Waals surface area contributed by atoms with Crippen molar-refractivity contribution in [3.05, 3.63) is 69.3 Å². The molecule has 3 aromatic rings. The highest BCUT2D eigenvalue weighted by Crippen LogP contribution is 2.46. The Bertz CT molecular complexity index is 1210. The van der Waals surface area contributed by atoms with Crippen LogP contribution in [0.4, 0.5) is 4.79 Å². The first-order valence-electron chi connectivity index (χ1n) is 9.89. The second-order valence-electron chi connectivity index (χ2n) is 8.89. The van der Waals surface area contributed by atoms with Gasteiger partial charge in [-0.3, -0.25) is 14.6 Å². The zero-order valence-corrected chi connectivity index (χ0v) is 18.4. The number of aromatic nitrogens is 1. The number of nitrogens with one attached hydrogen (secondary N) is 1. The third-order valence-electron chi connectivity index (χ3n) is 5.98. The molecular formula is C23H21Cl2N3O2. The van der Waals surface area contributed by atoms with Gasteiger partial charge in [0, 0.05) is 38.6 Å². The van der Waals surface area contributed by atoms with Crippen LogP contribution in [0.3, 0.4) is 0 Å². The zero-order chi connectivity index (χ0) is 21.4. The Morgan fingerprint density at radius 2 is 1.80 bits per heavy atom. The van der Waals surface area contributed by atoms with Gasteiger partial charge >= 0.3 is 6.03 Å². The molecule has 0 aliphatic carbocycles. The summed E-state index contributed by atoms with van der Waals surface area (Å²) in [5.41, 5.74) is 3.06. The van der Waals surface area contributed by atoms with Crippen LogP contribution in [0, 0.1) is 0 Å². The highest BCUT2D eigenvalue weighted by atomic mass is 35.5. The number of hydrogen-bond donors (Lipinski definition) is 1. The number of hydrogen-bond acceptors (Lipinski definition) is 2. The first-order chi connectivity index (χ1) is 14.2. The van der Waals surface area contributed by atoms with Crippen LogP contribution < -0.4 is 0 Å². The second-order valence-corrected chi connectivity index (χ2v) is 9.73. The molecule has 2 atom stereocenters. The van der Waals surface area contributed by atoms with E-state index in [9.17, 15) is 9.59 Å². The predicted molar refractivity (Wildman–Crippen MR) is 118 cm³/mol. The summed E-state index contributed by atoms with van der Waals surface area (Å²) >= 11 is 12.7. The van der Waals surface area contributed by atoms with E-state index in [0.29, 0.717) is 16.5 Å². The molecule has 2 aromatic carbocycles. The molecule has 5 rings (SSSR count). The molecule has 1 N–H and O–H groups in total. The lowest BCUT2D eigenvalue weighted by atomic mass is 9.89. The summed E-state index contributed by atoms with van der Waals surface area (Å²) in [4.78, 5) is 33.5. The molecule has 1 aromatic heterocycles. The van der Waals surface area contributed by atoms with Crippen molar-refractivity contribution in [3.8, 4) is 0 Å². The van der Waals surface area contributed by atoms with Crippen LogP contribution >= 0.6 is 23.2 Å². The van der Waals surface area contributed by atoms with Crippen molar-refractivity contribution in [1.82, 2.24) is 14.8 Å². The monoisotopic (exact) mass is 441 g/mol. The summed E-state index contributed by atoms with van der Waals surface area (Å²) in [7, 11) is 0. The lowest BCUT2D eigenvalue weighted by Gasteiger charge is -2.36. The molecule has 7 heteroatoms. The van der Waals surface area contributed by atoms with Crippen LogP contribution in [0.5, 0.6) is 0 Å². The molecule has 1 fully saturated rings. The smallest absolute Gasteiger partial charge is 0.328 e. The summed E-state index contributed by atoms with van der Waals surface area (Å²) in [5, 5.41) is 2.05. The predicted octanol–water partition coefficient (Wildman–Crippen LogP) is 5.55. The molecule has 3 heterocycles. The molecule has 154 valence electrons. The maximum atomic E-state index is 13.5. The molecule has 2 aliphatic heterocycles. The van der Waals surface area contributed by atoms with Crippen molar-refractivity contribution < 1.29 is 9.59 Å². The zero-order valence-electron chi connectivity index (χ0n) is 16.9. The number of benzene rings is 2. The number of imide groups is 1. The number of carbonyl (C=O) groups excluding carboxylic acids is 2. The number of nitrogens with zero attached hydrogens (tertiary/aromatic N) is 2. The first-order valence-corrected chi connectivity index (χ1v) is 10.6. The number of para-hydroxylation sites is 1. The molecule has 1 saturated heterocycles. The fourth-order valence-corrected chi connectivity index (χ4v) is 5.25. The number of fused-ring (bicyclic) bond motifs is 4. The van der Waals surface area contributed by atoms with Crippen LogP contribution in [0.1, 0.15) is 43.6 Å². The normalized spacial score (nSPS) is 21.4. The highest BCUT2D eigenvalue weighted by Gasteiger charge is 2.55. The Morgan fingerprint density at radius 1 is 1.07 bits per heavy atom. The molecule has 3 amide bonds. The molecule has 2 aliphatic rings. The average molecular weight is 442 g/mol. The first kappa shape index (κ1) is 19.5. The van der Waals surface area contributed by atoms with E-state index in [0.717, 1.165) is 27.7 Å². The summed E-state index contributed by atoms with van der Waals surface area (Å²) < 4.78 is 0. The topological polar surface area (TPSA) is 56.4 Å². The van der Waals surface area contributed by atoms with Crippen LogP contribution in [0.15, 0.2) is 42.5 Å². The van der Waals surface area contributed by atoms with Crippen LogP contribution in [-0.2, 0) is 11.2 Å². The van der Waals surface area contributed by atoms with Gasteiger partial charge in [-0.25, -0.2) is 4.79 Å². The number of amides is 3. The van der Waals surface area contributed by atoms with E-state index >= 15 is 0 Å². The third kappa shape index (κ3) is 2.69. The molecule has 0 bridgehead atoms. The molecule has 0 unspecified atom stereocenters. The van der Waals surface area contributed by atoms with E-state index in [4.69, 9.17) is 23.2 Å². The van der Waals surface area contributed by atoms with E-state index in [2.05, 4.69) is 4.98 Å². The van der Waals surface area contributed by atoms with Crippen LogP contribution in [-0.4, -0.2) is 38.3 Å². The van der Waals surface area contributed by atoms with Gasteiger partial charge in [-0.2, -0.15) is 0 Å². The van der Waals surface area contributed by atoms with Crippen molar-refractivity contribution in [3.63, 3.8) is 0 Å². The Kier molecular flexibility index (Phi) is 4.21. The van der Waals surface area contributed by atoms with Gasteiger partial charge in [-0.05, 0) is 50.1 Å². The second kappa shape index (κ2) is 6.50. The Labute approximate surface area is 184 Å². The van der Waals surface area contributed by atoms with E-state index in [1.54, 1.807) is 17.0 Å². The average Bonchev–Trinajstić information content (AvgIpc) is 3.16. The minimum atomic E-state index is -0.615. The van der Waals surface area contributed by atoms with Crippen molar-refractivity contribution in [2.75, 3.05) is 0 Å². The fraction of sp³-hybridized carbons (Fsp3) is 0.304. The molecule has 30 heavy (non-hydrogen) atoms. The van der Waals surface area contributed by atoms with Crippen LogP contribution in [0.2, 0.25) is 10.0 Å². The van der Waals surface area contributed by atoms with Gasteiger partial charge < -0.3 is 4.98 Å². The number of halogens is 2. The Morgan fingerprint density at radius 3 is 2.50 bits per heavy atom. The molecule has 5 nitrogen and oxygen atoms in total. The highest BCUT2D eigenvalue weighted by molar-refractivity contribution is 6.35. The van der Waals surface area contributed by atoms with Gasteiger partial charge in [0.25, 0.3) is 5.91 Å². The maximum Gasteiger partial charge on any atom is 0.328 e. The van der Waals surface area contributed by atoms with E-state index in [-0.39, 0.29) is 11.9 Å². The quantitative estimate of drug-likeness (QED) is 0.503. The minimum Gasteiger partial charge on any atom is -0.356 e. The Hall–Kier alpha value is -2.50. The number of urea groups is 1. The lowest BCUT2D eigenvalue weighted by molar-refractivity contribution is -0.131. The largest absolute Gasteiger partial charge is 0.356 e. The molecule has 0 saturated carbocycles. The van der Waals surface area contributed by atoms with Gasteiger partial charge in [0.1, 0.15) is 12.1 Å². The fourth-order valence-electron chi connectivity index (χ4n) is 4.74. The van der Waals surface area contributed by atoms with Gasteiger partial charge in [0.05, 0.1) is 0 Å². The van der Waals surface area contributed by atoms with Gasteiger partial charge in [0.15, 0.2) is 0 Å². The van der Waals surface area contributed by atoms with Crippen molar-refractivity contribution in [2.24, 2.45) is 0 Å². The summed E-state index contributed by atoms with van der Waals surface area (Å²) in [6, 6.07) is 11.9. The van der Waals surface area contributed by atoms with Crippen molar-refractivity contribution in [1.29, 1.82) is 0 Å². The maximum absolute atomic E-state index is 13.5. The number of rotatable bonds is 1. The van der Waals surface area contributed by atoms with Crippen LogP contribution in [0.25, 0.3) is 10.9 Å². The van der Waals surface area contributed by atoms with Gasteiger partial charge in [-0.15, -0.1) is 0 Å². The SMILES string of the molecule is CC(C)(C)N1C(=O)[C@H]2Cc3c([nH]c4ccccc34)[C@@H](c3ccc(Cl)cc3Cl)N2C1=O. The number of H-pyrrole nitrogens is 1. The summed E-state index contributed by atoms with van der Waals surface area (Å²) in [6.07, 6.45) is 0.470. The number of carbonyl (C=O) groups is 2. The summed E-state index contributed by atoms with van der Waals surface area (Å²) in [6.45, 7) is 5.63. The van der Waals surface area contributed by atoms with Crippen molar-refractivity contribution >= 4 is 46.0 Å². The van der Waals surface area contributed by atoms with E-state index in [1.807, 2.05) is 51.1 Å². The van der Waals surface area contributed by atoms with Gasteiger partial charge in [-0.1, -0.05) is 47.5 Å². The standard InChI is InChI=1S/C23H21Cl2N3O2/c1-23(2,3)28-21(29)18-11-15-13-6-4-5-7-17(13)26-19(15)20(27(18)22(28)30)14-9-8-12(24)10-16(14)25/h4-10,18,20,26H,11H2,1-3H3/t18-,20-/m1/s1. The van der Waals surface area contributed by atoms with Crippen molar-refractivity contribution in [2.45, 2.75) is 44.8 Å². The molecular weight excluding hydrogens is 421 g/mol. The number of aromatic amines is 1.